The lowest BCUT2D eigenvalue weighted by molar-refractivity contribution is -0.141. The van der Waals surface area contributed by atoms with Crippen LogP contribution in [0.2, 0.25) is 0 Å². The lowest BCUT2D eigenvalue weighted by atomic mass is 10.2. The second-order valence-electron chi connectivity index (χ2n) is 4.03. The molecule has 0 saturated carbocycles. The molecule has 0 unspecified atom stereocenters. The van der Waals surface area contributed by atoms with Crippen molar-refractivity contribution in [2.75, 3.05) is 19.8 Å². The van der Waals surface area contributed by atoms with Crippen molar-refractivity contribution in [1.29, 1.82) is 0 Å². The quantitative estimate of drug-likeness (QED) is 0.520. The predicted molar refractivity (Wildman–Crippen MR) is 72.7 cm³/mol. The van der Waals surface area contributed by atoms with E-state index in [0.29, 0.717) is 19.8 Å². The van der Waals surface area contributed by atoms with E-state index in [4.69, 9.17) is 14.2 Å². The molecule has 0 amide bonds. The molecule has 0 saturated heterocycles. The minimum absolute atomic E-state index is 0.374. The van der Waals surface area contributed by atoms with E-state index in [2.05, 4.69) is 6.58 Å². The summed E-state index contributed by atoms with van der Waals surface area (Å²) >= 11 is 0. The Morgan fingerprint density at radius 1 is 1.17 bits per heavy atom. The maximum Gasteiger partial charge on any atom is 0.187 e. The van der Waals surface area contributed by atoms with Crippen LogP contribution in [0.15, 0.2) is 36.4 Å². The number of rotatable bonds is 8. The summed E-state index contributed by atoms with van der Waals surface area (Å²) in [6.45, 7) is 11.4. The number of para-hydroxylation sites is 1. The lowest BCUT2D eigenvalue weighted by Crippen LogP contribution is -2.11. The molecule has 0 fully saturated rings. The van der Waals surface area contributed by atoms with E-state index >= 15 is 0 Å². The van der Waals surface area contributed by atoms with Crippen molar-refractivity contribution < 1.29 is 14.2 Å². The third kappa shape index (κ3) is 4.51. The third-order valence-electron chi connectivity index (χ3n) is 2.28. The van der Waals surface area contributed by atoms with Gasteiger partial charge in [0.2, 0.25) is 0 Å². The molecule has 1 aromatic rings. The molecule has 0 aliphatic heterocycles. The van der Waals surface area contributed by atoms with E-state index in [1.807, 2.05) is 45.0 Å². The van der Waals surface area contributed by atoms with Gasteiger partial charge in [-0.2, -0.15) is 0 Å². The van der Waals surface area contributed by atoms with Crippen LogP contribution in [0.25, 0.3) is 0 Å². The van der Waals surface area contributed by atoms with Crippen molar-refractivity contribution in [2.45, 2.75) is 27.1 Å². The molecule has 0 N–H and O–H groups in total. The molecule has 3 heteroatoms. The summed E-state index contributed by atoms with van der Waals surface area (Å²) in [4.78, 5) is 0. The zero-order valence-electron chi connectivity index (χ0n) is 11.4. The average Bonchev–Trinajstić information content (AvgIpc) is 2.36. The second-order valence-corrected chi connectivity index (χ2v) is 4.03. The Bertz CT molecular complexity index is 368. The van der Waals surface area contributed by atoms with Gasteiger partial charge in [-0.05, 0) is 32.4 Å². The summed E-state index contributed by atoms with van der Waals surface area (Å²) in [5.41, 5.74) is 1.90. The first-order valence-electron chi connectivity index (χ1n) is 6.28. The number of ether oxygens (including phenoxy) is 3. The van der Waals surface area contributed by atoms with Crippen LogP contribution in [0, 0.1) is 0 Å². The normalized spacial score (nSPS) is 10.7. The number of hydrogen-bond acceptors (Lipinski definition) is 3. The van der Waals surface area contributed by atoms with Crippen molar-refractivity contribution in [2.24, 2.45) is 0 Å². The maximum atomic E-state index is 5.71. The van der Waals surface area contributed by atoms with Crippen molar-refractivity contribution in [3.63, 3.8) is 0 Å². The third-order valence-corrected chi connectivity index (χ3v) is 2.28. The molecule has 0 aromatic heterocycles. The Kier molecular flexibility index (Phi) is 6.47. The maximum absolute atomic E-state index is 5.71. The summed E-state index contributed by atoms with van der Waals surface area (Å²) < 4.78 is 16.9. The summed E-state index contributed by atoms with van der Waals surface area (Å²) in [5.74, 6) is 0.785. The van der Waals surface area contributed by atoms with Gasteiger partial charge in [0.15, 0.2) is 6.29 Å². The Hall–Kier alpha value is -1.32. The van der Waals surface area contributed by atoms with Crippen LogP contribution in [-0.2, 0) is 9.47 Å². The van der Waals surface area contributed by atoms with Gasteiger partial charge in [-0.25, -0.2) is 0 Å². The van der Waals surface area contributed by atoms with E-state index in [0.717, 1.165) is 16.9 Å². The fraction of sp³-hybridized carbons (Fsp3) is 0.467. The average molecular weight is 250 g/mol. The van der Waals surface area contributed by atoms with Crippen LogP contribution in [0.5, 0.6) is 5.75 Å². The lowest BCUT2D eigenvalue weighted by Gasteiger charge is -2.20. The minimum atomic E-state index is -0.374. The molecule has 0 spiro atoms. The molecule has 0 heterocycles. The standard InChI is InChI=1S/C15H22O3/c1-5-16-15(17-6-2)13-9-7-8-10-14(13)18-11-12(3)4/h7-10,15H,3,5-6,11H2,1-2,4H3. The van der Waals surface area contributed by atoms with Gasteiger partial charge in [0.1, 0.15) is 12.4 Å². The van der Waals surface area contributed by atoms with Gasteiger partial charge >= 0.3 is 0 Å². The largest absolute Gasteiger partial charge is 0.489 e. The highest BCUT2D eigenvalue weighted by Crippen LogP contribution is 2.28. The minimum Gasteiger partial charge on any atom is -0.489 e. The molecule has 0 aliphatic rings. The summed E-state index contributed by atoms with van der Waals surface area (Å²) in [6.07, 6.45) is -0.374. The van der Waals surface area contributed by atoms with Crippen LogP contribution in [0.1, 0.15) is 32.6 Å². The van der Waals surface area contributed by atoms with Crippen LogP contribution in [-0.4, -0.2) is 19.8 Å². The number of benzene rings is 1. The predicted octanol–water partition coefficient (Wildman–Crippen LogP) is 3.71. The van der Waals surface area contributed by atoms with Crippen molar-refractivity contribution in [3.05, 3.63) is 42.0 Å². The molecule has 18 heavy (non-hydrogen) atoms. The van der Waals surface area contributed by atoms with E-state index in [-0.39, 0.29) is 6.29 Å². The summed E-state index contributed by atoms with van der Waals surface area (Å²) in [6, 6.07) is 7.77. The highest BCUT2D eigenvalue weighted by molar-refractivity contribution is 5.34. The first-order valence-corrected chi connectivity index (χ1v) is 6.28. The summed E-state index contributed by atoms with van der Waals surface area (Å²) in [5, 5.41) is 0. The van der Waals surface area contributed by atoms with E-state index < -0.39 is 0 Å². The van der Waals surface area contributed by atoms with E-state index in [1.165, 1.54) is 0 Å². The molecule has 1 rings (SSSR count). The highest BCUT2D eigenvalue weighted by atomic mass is 16.7. The molecule has 0 aliphatic carbocycles. The molecular weight excluding hydrogens is 228 g/mol. The van der Waals surface area contributed by atoms with Gasteiger partial charge in [0, 0.05) is 18.8 Å². The zero-order chi connectivity index (χ0) is 13.4. The Morgan fingerprint density at radius 3 is 2.33 bits per heavy atom. The Morgan fingerprint density at radius 2 is 1.78 bits per heavy atom. The van der Waals surface area contributed by atoms with Gasteiger partial charge in [-0.3, -0.25) is 0 Å². The van der Waals surface area contributed by atoms with Crippen LogP contribution < -0.4 is 4.74 Å². The van der Waals surface area contributed by atoms with E-state index in [9.17, 15) is 0 Å². The van der Waals surface area contributed by atoms with Crippen LogP contribution in [0.4, 0.5) is 0 Å². The van der Waals surface area contributed by atoms with Gasteiger partial charge in [0.25, 0.3) is 0 Å². The highest BCUT2D eigenvalue weighted by Gasteiger charge is 2.16. The molecule has 3 nitrogen and oxygen atoms in total. The second kappa shape index (κ2) is 7.90. The van der Waals surface area contributed by atoms with Crippen molar-refractivity contribution in [3.8, 4) is 5.75 Å². The molecular formula is C15H22O3. The van der Waals surface area contributed by atoms with Gasteiger partial charge in [-0.1, -0.05) is 24.8 Å². The fourth-order valence-corrected chi connectivity index (χ4v) is 1.54. The van der Waals surface area contributed by atoms with Crippen LogP contribution >= 0.6 is 0 Å². The fourth-order valence-electron chi connectivity index (χ4n) is 1.54. The monoisotopic (exact) mass is 250 g/mol. The SMILES string of the molecule is C=C(C)COc1ccccc1C(OCC)OCC. The first-order chi connectivity index (χ1) is 8.69. The molecule has 0 radical (unpaired) electrons. The van der Waals surface area contributed by atoms with Crippen molar-refractivity contribution >= 4 is 0 Å². The molecule has 1 aromatic carbocycles. The van der Waals surface area contributed by atoms with Gasteiger partial charge < -0.3 is 14.2 Å². The van der Waals surface area contributed by atoms with E-state index in [1.54, 1.807) is 0 Å². The smallest absolute Gasteiger partial charge is 0.187 e. The Labute approximate surface area is 109 Å². The molecule has 0 atom stereocenters. The van der Waals surface area contributed by atoms with Crippen LogP contribution in [0.3, 0.4) is 0 Å². The number of hydrogen-bond donors (Lipinski definition) is 0. The van der Waals surface area contributed by atoms with Gasteiger partial charge in [0.05, 0.1) is 0 Å². The molecule has 100 valence electrons. The molecule has 0 bridgehead atoms. The summed E-state index contributed by atoms with van der Waals surface area (Å²) in [7, 11) is 0. The Balaban J connectivity index is 2.86. The van der Waals surface area contributed by atoms with Gasteiger partial charge in [-0.15, -0.1) is 0 Å². The zero-order valence-corrected chi connectivity index (χ0v) is 11.4. The topological polar surface area (TPSA) is 27.7 Å². The van der Waals surface area contributed by atoms with Crippen molar-refractivity contribution in [1.82, 2.24) is 0 Å². The first kappa shape index (κ1) is 14.7.